The number of halogens is 2. The highest BCUT2D eigenvalue weighted by Gasteiger charge is 2.07. The van der Waals surface area contributed by atoms with Gasteiger partial charge in [0.05, 0.1) is 0 Å². The van der Waals surface area contributed by atoms with Gasteiger partial charge in [0.25, 0.3) is 0 Å². The number of hydrogen-bond donors (Lipinski definition) is 1. The topological polar surface area (TPSA) is 12.0 Å². The van der Waals surface area contributed by atoms with Crippen molar-refractivity contribution in [3.63, 3.8) is 0 Å². The summed E-state index contributed by atoms with van der Waals surface area (Å²) in [4.78, 5) is 0. The lowest BCUT2D eigenvalue weighted by Gasteiger charge is -2.14. The SMILES string of the molecule is Cl.Clc1ccccc1C1=CCNCC1. The smallest absolute Gasteiger partial charge is 0.0481 e. The molecule has 1 aromatic rings. The van der Waals surface area contributed by atoms with Gasteiger partial charge in [-0.3, -0.25) is 0 Å². The summed E-state index contributed by atoms with van der Waals surface area (Å²) in [6.45, 7) is 2.01. The Morgan fingerprint density at radius 3 is 2.64 bits per heavy atom. The summed E-state index contributed by atoms with van der Waals surface area (Å²) in [5.41, 5.74) is 2.55. The van der Waals surface area contributed by atoms with Crippen LogP contribution in [0.2, 0.25) is 5.02 Å². The molecule has 3 heteroatoms. The zero-order valence-corrected chi connectivity index (χ0v) is 9.37. The predicted octanol–water partition coefficient (Wildman–Crippen LogP) is 3.14. The van der Waals surface area contributed by atoms with Crippen LogP contribution in [0.15, 0.2) is 30.3 Å². The summed E-state index contributed by atoms with van der Waals surface area (Å²) in [5, 5.41) is 4.14. The van der Waals surface area contributed by atoms with Crippen LogP contribution in [0, 0.1) is 0 Å². The van der Waals surface area contributed by atoms with Crippen molar-refractivity contribution in [2.75, 3.05) is 13.1 Å². The average molecular weight is 230 g/mol. The standard InChI is InChI=1S/C11H12ClN.ClH/c12-11-4-2-1-3-10(11)9-5-7-13-8-6-9;/h1-5,13H,6-8H2;1H. The van der Waals surface area contributed by atoms with Crippen LogP contribution in [-0.4, -0.2) is 13.1 Å². The van der Waals surface area contributed by atoms with Crippen molar-refractivity contribution in [1.29, 1.82) is 0 Å². The van der Waals surface area contributed by atoms with Crippen molar-refractivity contribution in [3.05, 3.63) is 40.9 Å². The maximum absolute atomic E-state index is 6.10. The molecule has 0 amide bonds. The Hall–Kier alpha value is -0.500. The van der Waals surface area contributed by atoms with Crippen LogP contribution >= 0.6 is 24.0 Å². The lowest BCUT2D eigenvalue weighted by molar-refractivity contribution is 0.738. The maximum atomic E-state index is 6.10. The number of rotatable bonds is 1. The van der Waals surface area contributed by atoms with E-state index < -0.39 is 0 Å². The molecule has 0 radical (unpaired) electrons. The maximum Gasteiger partial charge on any atom is 0.0481 e. The van der Waals surface area contributed by atoms with Gasteiger partial charge in [0, 0.05) is 11.6 Å². The van der Waals surface area contributed by atoms with Crippen molar-refractivity contribution >= 4 is 29.6 Å². The number of nitrogens with one attached hydrogen (secondary N) is 1. The predicted molar refractivity (Wildman–Crippen MR) is 64.2 cm³/mol. The Labute approximate surface area is 95.6 Å². The molecule has 0 saturated carbocycles. The lowest BCUT2D eigenvalue weighted by Crippen LogP contribution is -2.20. The van der Waals surface area contributed by atoms with Crippen molar-refractivity contribution in [2.45, 2.75) is 6.42 Å². The van der Waals surface area contributed by atoms with Gasteiger partial charge < -0.3 is 5.32 Å². The van der Waals surface area contributed by atoms with Gasteiger partial charge in [0.2, 0.25) is 0 Å². The molecule has 1 heterocycles. The molecule has 2 rings (SSSR count). The van der Waals surface area contributed by atoms with E-state index in [4.69, 9.17) is 11.6 Å². The molecule has 0 aromatic heterocycles. The second kappa shape index (κ2) is 5.40. The molecule has 0 saturated heterocycles. The van der Waals surface area contributed by atoms with E-state index in [1.54, 1.807) is 0 Å². The molecule has 1 N–H and O–H groups in total. The molecular weight excluding hydrogens is 217 g/mol. The first-order chi connectivity index (χ1) is 6.38. The molecule has 0 aliphatic carbocycles. The first-order valence-electron chi connectivity index (χ1n) is 4.52. The van der Waals surface area contributed by atoms with Gasteiger partial charge in [-0.1, -0.05) is 35.9 Å². The molecule has 1 aromatic carbocycles. The Balaban J connectivity index is 0.000000980. The second-order valence-corrected chi connectivity index (χ2v) is 3.57. The van der Waals surface area contributed by atoms with Crippen molar-refractivity contribution in [3.8, 4) is 0 Å². The normalized spacial score (nSPS) is 15.6. The summed E-state index contributed by atoms with van der Waals surface area (Å²) in [7, 11) is 0. The van der Waals surface area contributed by atoms with Crippen molar-refractivity contribution in [1.82, 2.24) is 5.32 Å². The van der Waals surface area contributed by atoms with Crippen molar-refractivity contribution < 1.29 is 0 Å². The molecule has 14 heavy (non-hydrogen) atoms. The first kappa shape index (κ1) is 11.6. The molecule has 0 fully saturated rings. The lowest BCUT2D eigenvalue weighted by atomic mass is 10.0. The monoisotopic (exact) mass is 229 g/mol. The van der Waals surface area contributed by atoms with Crippen LogP contribution in [0.3, 0.4) is 0 Å². The van der Waals surface area contributed by atoms with Crippen LogP contribution < -0.4 is 5.32 Å². The fourth-order valence-electron chi connectivity index (χ4n) is 1.59. The Kier molecular flexibility index (Phi) is 4.46. The number of hydrogen-bond acceptors (Lipinski definition) is 1. The fraction of sp³-hybridized carbons (Fsp3) is 0.273. The highest BCUT2D eigenvalue weighted by atomic mass is 35.5. The summed E-state index contributed by atoms with van der Waals surface area (Å²) in [5.74, 6) is 0. The van der Waals surface area contributed by atoms with Crippen LogP contribution in [0.5, 0.6) is 0 Å². The molecule has 0 spiro atoms. The third-order valence-electron chi connectivity index (χ3n) is 2.28. The Morgan fingerprint density at radius 2 is 2.00 bits per heavy atom. The Morgan fingerprint density at radius 1 is 1.21 bits per heavy atom. The minimum absolute atomic E-state index is 0. The average Bonchev–Trinajstić information content (AvgIpc) is 2.20. The summed E-state index contributed by atoms with van der Waals surface area (Å²) in [6.07, 6.45) is 3.29. The largest absolute Gasteiger partial charge is 0.313 e. The van der Waals surface area contributed by atoms with E-state index >= 15 is 0 Å². The zero-order chi connectivity index (χ0) is 9.10. The van der Waals surface area contributed by atoms with E-state index in [0.29, 0.717) is 0 Å². The van der Waals surface area contributed by atoms with Crippen LogP contribution in [0.4, 0.5) is 0 Å². The van der Waals surface area contributed by atoms with Gasteiger partial charge in [0.1, 0.15) is 0 Å². The van der Waals surface area contributed by atoms with Gasteiger partial charge in [-0.05, 0) is 30.2 Å². The quantitative estimate of drug-likeness (QED) is 0.781. The minimum atomic E-state index is 0. The Bertz CT molecular complexity index is 334. The first-order valence-corrected chi connectivity index (χ1v) is 4.90. The molecule has 1 nitrogen and oxygen atoms in total. The molecule has 1 aliphatic rings. The van der Waals surface area contributed by atoms with Gasteiger partial charge in [-0.15, -0.1) is 12.4 Å². The van der Waals surface area contributed by atoms with E-state index in [-0.39, 0.29) is 12.4 Å². The second-order valence-electron chi connectivity index (χ2n) is 3.16. The minimum Gasteiger partial charge on any atom is -0.313 e. The van der Waals surface area contributed by atoms with E-state index in [1.807, 2.05) is 18.2 Å². The summed E-state index contributed by atoms with van der Waals surface area (Å²) >= 11 is 6.10. The van der Waals surface area contributed by atoms with E-state index in [9.17, 15) is 0 Å². The molecule has 0 atom stereocenters. The number of benzene rings is 1. The zero-order valence-electron chi connectivity index (χ0n) is 7.79. The fourth-order valence-corrected chi connectivity index (χ4v) is 1.85. The molecular formula is C11H13Cl2N. The highest BCUT2D eigenvalue weighted by Crippen LogP contribution is 2.26. The highest BCUT2D eigenvalue weighted by molar-refractivity contribution is 6.32. The molecule has 76 valence electrons. The molecule has 0 unspecified atom stereocenters. The summed E-state index contributed by atoms with van der Waals surface area (Å²) < 4.78 is 0. The summed E-state index contributed by atoms with van der Waals surface area (Å²) in [6, 6.07) is 8.02. The third kappa shape index (κ3) is 2.50. The van der Waals surface area contributed by atoms with E-state index in [2.05, 4.69) is 17.5 Å². The van der Waals surface area contributed by atoms with Gasteiger partial charge >= 0.3 is 0 Å². The van der Waals surface area contributed by atoms with Crippen LogP contribution in [0.25, 0.3) is 5.57 Å². The van der Waals surface area contributed by atoms with Crippen LogP contribution in [-0.2, 0) is 0 Å². The van der Waals surface area contributed by atoms with Crippen molar-refractivity contribution in [2.24, 2.45) is 0 Å². The van der Waals surface area contributed by atoms with Gasteiger partial charge in [0.15, 0.2) is 0 Å². The molecule has 1 aliphatic heterocycles. The van der Waals surface area contributed by atoms with Gasteiger partial charge in [-0.2, -0.15) is 0 Å². The van der Waals surface area contributed by atoms with E-state index in [1.165, 1.54) is 11.1 Å². The van der Waals surface area contributed by atoms with E-state index in [0.717, 1.165) is 24.5 Å². The van der Waals surface area contributed by atoms with Gasteiger partial charge in [-0.25, -0.2) is 0 Å². The van der Waals surface area contributed by atoms with Crippen LogP contribution in [0.1, 0.15) is 12.0 Å². The molecule has 0 bridgehead atoms. The third-order valence-corrected chi connectivity index (χ3v) is 2.61.